The zero-order valence-corrected chi connectivity index (χ0v) is 6.02. The molecule has 49 valence electrons. The number of benzene rings is 1. The van der Waals surface area contributed by atoms with Crippen LogP contribution >= 0.6 is 0 Å². The highest BCUT2D eigenvalue weighted by molar-refractivity contribution is 5.62. The predicted octanol–water partition coefficient (Wildman–Crippen LogP) is 2.45. The Balaban J connectivity index is 2.54. The molecule has 0 heterocycles. The Morgan fingerprint density at radius 3 is 3.20 bits per heavy atom. The zero-order valence-electron chi connectivity index (χ0n) is 6.02. The lowest BCUT2D eigenvalue weighted by Crippen LogP contribution is -1.79. The third-order valence-corrected chi connectivity index (χ3v) is 1.86. The van der Waals surface area contributed by atoms with Crippen LogP contribution in [0.3, 0.4) is 0 Å². The SMILES string of the molecule is CC1=Cc2c[c]ccc2C1. The molecule has 1 aromatic rings. The molecule has 0 nitrogen and oxygen atoms in total. The van der Waals surface area contributed by atoms with Gasteiger partial charge in [-0.25, -0.2) is 0 Å². The van der Waals surface area contributed by atoms with E-state index in [2.05, 4.69) is 25.1 Å². The van der Waals surface area contributed by atoms with Crippen molar-refractivity contribution < 1.29 is 0 Å². The molecule has 0 saturated carbocycles. The van der Waals surface area contributed by atoms with Gasteiger partial charge in [0.1, 0.15) is 0 Å². The van der Waals surface area contributed by atoms with Gasteiger partial charge in [-0.3, -0.25) is 0 Å². The molecular weight excluding hydrogens is 120 g/mol. The molecule has 0 unspecified atom stereocenters. The third-order valence-electron chi connectivity index (χ3n) is 1.86. The Morgan fingerprint density at radius 2 is 2.40 bits per heavy atom. The molecule has 1 aliphatic carbocycles. The second-order valence-electron chi connectivity index (χ2n) is 2.79. The molecule has 0 atom stereocenters. The normalized spacial score (nSPS) is 14.7. The molecule has 1 radical (unpaired) electrons. The minimum absolute atomic E-state index is 1.13. The molecule has 0 amide bonds. The summed E-state index contributed by atoms with van der Waals surface area (Å²) in [6, 6.07) is 9.23. The molecule has 1 aromatic carbocycles. The van der Waals surface area contributed by atoms with E-state index in [1.54, 1.807) is 0 Å². The van der Waals surface area contributed by atoms with Crippen LogP contribution in [0.25, 0.3) is 6.08 Å². The molecule has 10 heavy (non-hydrogen) atoms. The van der Waals surface area contributed by atoms with Crippen LogP contribution in [0.15, 0.2) is 23.8 Å². The fourth-order valence-corrected chi connectivity index (χ4v) is 1.39. The highest BCUT2D eigenvalue weighted by Crippen LogP contribution is 2.23. The number of allylic oxidation sites excluding steroid dienone is 1. The number of hydrogen-bond acceptors (Lipinski definition) is 0. The van der Waals surface area contributed by atoms with Crippen LogP contribution in [0.2, 0.25) is 0 Å². The number of fused-ring (bicyclic) bond motifs is 1. The Hall–Kier alpha value is -1.04. The van der Waals surface area contributed by atoms with Gasteiger partial charge in [-0.1, -0.05) is 23.8 Å². The van der Waals surface area contributed by atoms with Crippen molar-refractivity contribution in [2.45, 2.75) is 13.3 Å². The summed E-state index contributed by atoms with van der Waals surface area (Å²) in [4.78, 5) is 0. The smallest absolute Gasteiger partial charge is 0.00606 e. The summed E-state index contributed by atoms with van der Waals surface area (Å²) in [5.74, 6) is 0. The summed E-state index contributed by atoms with van der Waals surface area (Å²) in [6.07, 6.45) is 3.36. The molecular formula is C10H9. The van der Waals surface area contributed by atoms with E-state index in [1.807, 2.05) is 12.1 Å². The summed E-state index contributed by atoms with van der Waals surface area (Å²) < 4.78 is 0. The van der Waals surface area contributed by atoms with E-state index >= 15 is 0 Å². The minimum atomic E-state index is 1.13. The molecule has 0 fully saturated rings. The maximum absolute atomic E-state index is 3.07. The molecule has 2 rings (SSSR count). The standard InChI is InChI=1S/C10H9/c1-8-6-9-4-2-3-5-10(9)7-8/h2,4-5,7H,6H2,1H3. The highest BCUT2D eigenvalue weighted by atomic mass is 14.1. The van der Waals surface area contributed by atoms with Crippen molar-refractivity contribution in [2.75, 3.05) is 0 Å². The van der Waals surface area contributed by atoms with Gasteiger partial charge in [0.25, 0.3) is 0 Å². The Kier molecular flexibility index (Phi) is 1.13. The fourth-order valence-electron chi connectivity index (χ4n) is 1.39. The van der Waals surface area contributed by atoms with Crippen molar-refractivity contribution >= 4 is 6.08 Å². The van der Waals surface area contributed by atoms with Crippen LogP contribution in [0.1, 0.15) is 18.1 Å². The van der Waals surface area contributed by atoms with Crippen LogP contribution in [0, 0.1) is 6.07 Å². The van der Waals surface area contributed by atoms with E-state index in [4.69, 9.17) is 0 Å². The summed E-state index contributed by atoms with van der Waals surface area (Å²) in [5.41, 5.74) is 4.24. The van der Waals surface area contributed by atoms with Gasteiger partial charge in [0.2, 0.25) is 0 Å². The summed E-state index contributed by atoms with van der Waals surface area (Å²) >= 11 is 0. The largest absolute Gasteiger partial charge is 0.0683 e. The summed E-state index contributed by atoms with van der Waals surface area (Å²) in [6.45, 7) is 2.17. The van der Waals surface area contributed by atoms with E-state index < -0.39 is 0 Å². The number of hydrogen-bond donors (Lipinski definition) is 0. The molecule has 0 bridgehead atoms. The van der Waals surface area contributed by atoms with Gasteiger partial charge >= 0.3 is 0 Å². The molecule has 0 aromatic heterocycles. The maximum atomic E-state index is 3.07. The van der Waals surface area contributed by atoms with E-state index in [1.165, 1.54) is 16.7 Å². The quantitative estimate of drug-likeness (QED) is 0.504. The van der Waals surface area contributed by atoms with E-state index in [0.717, 1.165) is 6.42 Å². The second kappa shape index (κ2) is 1.98. The van der Waals surface area contributed by atoms with Gasteiger partial charge in [0.05, 0.1) is 0 Å². The zero-order chi connectivity index (χ0) is 6.97. The van der Waals surface area contributed by atoms with Crippen molar-refractivity contribution in [1.82, 2.24) is 0 Å². The average molecular weight is 129 g/mol. The van der Waals surface area contributed by atoms with Crippen molar-refractivity contribution in [3.05, 3.63) is 41.0 Å². The third kappa shape index (κ3) is 0.766. The lowest BCUT2D eigenvalue weighted by molar-refractivity contribution is 1.19. The van der Waals surface area contributed by atoms with Gasteiger partial charge in [-0.15, -0.1) is 0 Å². The molecule has 0 N–H and O–H groups in total. The van der Waals surface area contributed by atoms with Crippen molar-refractivity contribution in [2.24, 2.45) is 0 Å². The lowest BCUT2D eigenvalue weighted by Gasteiger charge is -1.93. The number of rotatable bonds is 0. The Labute approximate surface area is 61.2 Å². The predicted molar refractivity (Wildman–Crippen MR) is 42.6 cm³/mol. The van der Waals surface area contributed by atoms with Crippen molar-refractivity contribution in [3.8, 4) is 0 Å². The second-order valence-corrected chi connectivity index (χ2v) is 2.79. The van der Waals surface area contributed by atoms with Gasteiger partial charge in [-0.05, 0) is 36.6 Å². The Bertz CT molecular complexity index is 282. The maximum Gasteiger partial charge on any atom is -0.00606 e. The van der Waals surface area contributed by atoms with E-state index in [0.29, 0.717) is 0 Å². The van der Waals surface area contributed by atoms with Gasteiger partial charge < -0.3 is 0 Å². The van der Waals surface area contributed by atoms with Crippen LogP contribution in [0.5, 0.6) is 0 Å². The monoisotopic (exact) mass is 129 g/mol. The first-order valence-electron chi connectivity index (χ1n) is 3.52. The lowest BCUT2D eigenvalue weighted by atomic mass is 10.1. The molecule has 0 saturated heterocycles. The van der Waals surface area contributed by atoms with Crippen LogP contribution in [-0.4, -0.2) is 0 Å². The van der Waals surface area contributed by atoms with Gasteiger partial charge in [0.15, 0.2) is 0 Å². The van der Waals surface area contributed by atoms with Gasteiger partial charge in [-0.2, -0.15) is 0 Å². The molecule has 0 aliphatic heterocycles. The van der Waals surface area contributed by atoms with Crippen molar-refractivity contribution in [3.63, 3.8) is 0 Å². The fraction of sp³-hybridized carbons (Fsp3) is 0.200. The van der Waals surface area contributed by atoms with Crippen LogP contribution < -0.4 is 0 Å². The summed E-state index contributed by atoms with van der Waals surface area (Å²) in [5, 5.41) is 0. The van der Waals surface area contributed by atoms with Crippen LogP contribution in [0.4, 0.5) is 0 Å². The molecule has 1 aliphatic rings. The van der Waals surface area contributed by atoms with Gasteiger partial charge in [0, 0.05) is 0 Å². The molecule has 0 spiro atoms. The Morgan fingerprint density at radius 1 is 1.50 bits per heavy atom. The van der Waals surface area contributed by atoms with E-state index in [9.17, 15) is 0 Å². The first-order valence-corrected chi connectivity index (χ1v) is 3.52. The molecule has 0 heteroatoms. The first kappa shape index (κ1) is 5.72. The highest BCUT2D eigenvalue weighted by Gasteiger charge is 2.06. The minimum Gasteiger partial charge on any atom is -0.0683 e. The summed E-state index contributed by atoms with van der Waals surface area (Å²) in [7, 11) is 0. The van der Waals surface area contributed by atoms with E-state index in [-0.39, 0.29) is 0 Å². The first-order chi connectivity index (χ1) is 4.86. The van der Waals surface area contributed by atoms with Crippen molar-refractivity contribution in [1.29, 1.82) is 0 Å². The average Bonchev–Trinajstić information content (AvgIpc) is 2.27. The topological polar surface area (TPSA) is 0 Å². The van der Waals surface area contributed by atoms with Crippen LogP contribution in [-0.2, 0) is 6.42 Å².